The van der Waals surface area contributed by atoms with Crippen molar-refractivity contribution in [1.29, 1.82) is 0 Å². The molecule has 0 radical (unpaired) electrons. The van der Waals surface area contributed by atoms with Gasteiger partial charge in [-0.2, -0.15) is 0 Å². The molecule has 1 aromatic rings. The molecule has 2 heterocycles. The molecule has 2 aliphatic heterocycles. The van der Waals surface area contributed by atoms with Gasteiger partial charge in [-0.3, -0.25) is 4.79 Å². The number of nitrogens with one attached hydrogen (secondary N) is 1. The highest BCUT2D eigenvalue weighted by Crippen LogP contribution is 2.38. The Hall–Kier alpha value is -1.00. The molecule has 0 saturated carbocycles. The Morgan fingerprint density at radius 2 is 2.29 bits per heavy atom. The number of rotatable bonds is 4. The second-order valence-electron chi connectivity index (χ2n) is 5.95. The monoisotopic (exact) mass is 304 g/mol. The molecule has 1 fully saturated rings. The highest BCUT2D eigenvalue weighted by Gasteiger charge is 2.34. The summed E-state index contributed by atoms with van der Waals surface area (Å²) in [5.74, 6) is 0.340. The molecular formula is C17H24N2OS. The highest BCUT2D eigenvalue weighted by molar-refractivity contribution is 8.01. The third-order valence-corrected chi connectivity index (χ3v) is 5.69. The number of nitrogens with zero attached hydrogens (tertiary/aromatic N) is 1. The van der Waals surface area contributed by atoms with Gasteiger partial charge in [0.15, 0.2) is 0 Å². The molecule has 114 valence electrons. The first kappa shape index (κ1) is 14.9. The lowest BCUT2D eigenvalue weighted by molar-refractivity contribution is -0.133. The molecule has 3 rings (SSSR count). The molecule has 3 nitrogen and oxygen atoms in total. The number of carbonyl (C=O) groups excluding carboxylic acids is 1. The number of fused-ring (bicyclic) bond motifs is 1. The lowest BCUT2D eigenvalue weighted by atomic mass is 10.0. The molecule has 0 spiro atoms. The number of thioether (sulfide) groups is 1. The second-order valence-corrected chi connectivity index (χ2v) is 7.19. The third kappa shape index (κ3) is 3.27. The first-order valence-electron chi connectivity index (χ1n) is 8.05. The Kier molecular flexibility index (Phi) is 4.86. The molecule has 0 aromatic heterocycles. The Labute approximate surface area is 131 Å². The molecule has 4 heteroatoms. The standard InChI is InChI=1S/C17H24N2OS/c1-2-10-19(14-7-5-9-18-12-14)17(20)16-11-13-6-3-4-8-15(13)21-16/h3-4,6,8,14,16,18H,2,5,7,9-12H2,1H3. The van der Waals surface area contributed by atoms with Gasteiger partial charge in [-0.15, -0.1) is 11.8 Å². The first-order chi connectivity index (χ1) is 10.3. The molecule has 2 atom stereocenters. The van der Waals surface area contributed by atoms with Crippen LogP contribution in [0.1, 0.15) is 31.7 Å². The Balaban J connectivity index is 1.70. The van der Waals surface area contributed by atoms with E-state index in [1.807, 2.05) is 0 Å². The van der Waals surface area contributed by atoms with Crippen LogP contribution in [0.2, 0.25) is 0 Å². The van der Waals surface area contributed by atoms with Gasteiger partial charge < -0.3 is 10.2 Å². The number of piperidine rings is 1. The fourth-order valence-corrected chi connectivity index (χ4v) is 4.58. The van der Waals surface area contributed by atoms with Crippen LogP contribution in [0.15, 0.2) is 29.2 Å². The molecule has 1 saturated heterocycles. The number of hydrogen-bond donors (Lipinski definition) is 1. The van der Waals surface area contributed by atoms with E-state index in [4.69, 9.17) is 0 Å². The summed E-state index contributed by atoms with van der Waals surface area (Å²) in [4.78, 5) is 16.4. The molecule has 2 aliphatic rings. The minimum absolute atomic E-state index is 0.0795. The van der Waals surface area contributed by atoms with Crippen molar-refractivity contribution in [2.75, 3.05) is 19.6 Å². The zero-order valence-electron chi connectivity index (χ0n) is 12.7. The van der Waals surface area contributed by atoms with Crippen LogP contribution in [0, 0.1) is 0 Å². The van der Waals surface area contributed by atoms with Gasteiger partial charge in [-0.25, -0.2) is 0 Å². The number of amides is 1. The van der Waals surface area contributed by atoms with Crippen molar-refractivity contribution >= 4 is 17.7 Å². The van der Waals surface area contributed by atoms with Crippen molar-refractivity contribution in [2.24, 2.45) is 0 Å². The number of hydrogen-bond acceptors (Lipinski definition) is 3. The lowest BCUT2D eigenvalue weighted by Gasteiger charge is -2.36. The average Bonchev–Trinajstić information content (AvgIpc) is 2.97. The summed E-state index contributed by atoms with van der Waals surface area (Å²) in [5, 5.41) is 3.52. The molecule has 1 amide bonds. The molecule has 1 aromatic carbocycles. The van der Waals surface area contributed by atoms with Crippen LogP contribution >= 0.6 is 11.8 Å². The fraction of sp³-hybridized carbons (Fsp3) is 0.588. The van der Waals surface area contributed by atoms with Crippen LogP contribution in [-0.4, -0.2) is 41.7 Å². The summed E-state index contributed by atoms with van der Waals surface area (Å²) in [7, 11) is 0. The second kappa shape index (κ2) is 6.84. The zero-order valence-corrected chi connectivity index (χ0v) is 13.5. The molecule has 21 heavy (non-hydrogen) atoms. The van der Waals surface area contributed by atoms with Gasteiger partial charge in [-0.05, 0) is 43.9 Å². The topological polar surface area (TPSA) is 32.3 Å². The van der Waals surface area contributed by atoms with Gasteiger partial charge in [0, 0.05) is 24.0 Å². The van der Waals surface area contributed by atoms with E-state index in [2.05, 4.69) is 41.4 Å². The van der Waals surface area contributed by atoms with E-state index in [1.165, 1.54) is 16.9 Å². The van der Waals surface area contributed by atoms with Crippen molar-refractivity contribution in [3.63, 3.8) is 0 Å². The van der Waals surface area contributed by atoms with Crippen molar-refractivity contribution in [2.45, 2.75) is 48.8 Å². The normalized spacial score (nSPS) is 24.6. The average molecular weight is 304 g/mol. The van der Waals surface area contributed by atoms with Crippen molar-refractivity contribution in [3.05, 3.63) is 29.8 Å². The van der Waals surface area contributed by atoms with Gasteiger partial charge >= 0.3 is 0 Å². The smallest absolute Gasteiger partial charge is 0.236 e. The number of carbonyl (C=O) groups is 1. The van der Waals surface area contributed by atoms with Crippen LogP contribution < -0.4 is 5.32 Å². The molecule has 0 aliphatic carbocycles. The maximum Gasteiger partial charge on any atom is 0.236 e. The van der Waals surface area contributed by atoms with Crippen LogP contribution in [0.25, 0.3) is 0 Å². The lowest BCUT2D eigenvalue weighted by Crippen LogP contribution is -2.51. The van der Waals surface area contributed by atoms with Gasteiger partial charge in [0.1, 0.15) is 0 Å². The Morgan fingerprint density at radius 3 is 3.00 bits per heavy atom. The molecule has 0 bridgehead atoms. The predicted octanol–water partition coefficient (Wildman–Crippen LogP) is 2.69. The van der Waals surface area contributed by atoms with Crippen LogP contribution in [0.3, 0.4) is 0 Å². The summed E-state index contributed by atoms with van der Waals surface area (Å²) in [6, 6.07) is 8.81. The maximum atomic E-state index is 13.0. The van der Waals surface area contributed by atoms with Crippen molar-refractivity contribution < 1.29 is 4.79 Å². The van der Waals surface area contributed by atoms with Gasteiger partial charge in [0.05, 0.1) is 5.25 Å². The summed E-state index contributed by atoms with van der Waals surface area (Å²) in [5.41, 5.74) is 1.33. The summed E-state index contributed by atoms with van der Waals surface area (Å²) >= 11 is 1.75. The van der Waals surface area contributed by atoms with E-state index in [0.29, 0.717) is 11.9 Å². The minimum atomic E-state index is 0.0795. The van der Waals surface area contributed by atoms with Gasteiger partial charge in [0.25, 0.3) is 0 Å². The number of benzene rings is 1. The fourth-order valence-electron chi connectivity index (χ4n) is 3.32. The van der Waals surface area contributed by atoms with E-state index in [9.17, 15) is 4.79 Å². The minimum Gasteiger partial charge on any atom is -0.337 e. The first-order valence-corrected chi connectivity index (χ1v) is 8.93. The quantitative estimate of drug-likeness (QED) is 0.928. The SMILES string of the molecule is CCCN(C(=O)C1Cc2ccccc2S1)C1CCCNC1. The van der Waals surface area contributed by atoms with Crippen molar-refractivity contribution in [1.82, 2.24) is 10.2 Å². The highest BCUT2D eigenvalue weighted by atomic mass is 32.2. The van der Waals surface area contributed by atoms with Crippen molar-refractivity contribution in [3.8, 4) is 0 Å². The van der Waals surface area contributed by atoms with Gasteiger partial charge in [-0.1, -0.05) is 25.1 Å². The Bertz CT molecular complexity index is 474. The third-order valence-electron chi connectivity index (χ3n) is 4.38. The zero-order chi connectivity index (χ0) is 14.7. The van der Waals surface area contributed by atoms with E-state index in [1.54, 1.807) is 11.8 Å². The van der Waals surface area contributed by atoms with Gasteiger partial charge in [0.2, 0.25) is 5.91 Å². The maximum absolute atomic E-state index is 13.0. The Morgan fingerprint density at radius 1 is 1.43 bits per heavy atom. The molecule has 2 unspecified atom stereocenters. The van der Waals surface area contributed by atoms with E-state index >= 15 is 0 Å². The van der Waals surface area contributed by atoms with E-state index in [-0.39, 0.29) is 5.25 Å². The summed E-state index contributed by atoms with van der Waals surface area (Å²) < 4.78 is 0. The van der Waals surface area contributed by atoms with Crippen LogP contribution in [0.4, 0.5) is 0 Å². The predicted molar refractivity (Wildman–Crippen MR) is 87.7 cm³/mol. The summed E-state index contributed by atoms with van der Waals surface area (Å²) in [6.45, 7) is 5.09. The van der Waals surface area contributed by atoms with Crippen LogP contribution in [-0.2, 0) is 11.2 Å². The van der Waals surface area contributed by atoms with E-state index < -0.39 is 0 Å². The van der Waals surface area contributed by atoms with Crippen LogP contribution in [0.5, 0.6) is 0 Å². The van der Waals surface area contributed by atoms with E-state index in [0.717, 1.165) is 38.9 Å². The summed E-state index contributed by atoms with van der Waals surface area (Å²) in [6.07, 6.45) is 4.24. The molecule has 1 N–H and O–H groups in total. The molecular weight excluding hydrogens is 280 g/mol. The largest absolute Gasteiger partial charge is 0.337 e.